The number of rotatable bonds is 3. The third-order valence-corrected chi connectivity index (χ3v) is 2.91. The lowest BCUT2D eigenvalue weighted by atomic mass is 10.1. The van der Waals surface area contributed by atoms with Crippen molar-refractivity contribution in [1.29, 1.82) is 0 Å². The maximum absolute atomic E-state index is 5.05. The molecule has 0 aliphatic rings. The number of benzene rings is 1. The molecule has 1 aromatic carbocycles. The SMILES string of the molecule is Cc1cccc(CCc2nc(=S)n(C)[nH]2)c1. The van der Waals surface area contributed by atoms with Crippen LogP contribution < -0.4 is 0 Å². The summed E-state index contributed by atoms with van der Waals surface area (Å²) in [7, 11) is 1.88. The van der Waals surface area contributed by atoms with Crippen molar-refractivity contribution in [1.82, 2.24) is 14.8 Å². The topological polar surface area (TPSA) is 33.6 Å². The van der Waals surface area contributed by atoms with E-state index in [1.54, 1.807) is 4.68 Å². The van der Waals surface area contributed by atoms with Crippen LogP contribution in [0.5, 0.6) is 0 Å². The van der Waals surface area contributed by atoms with E-state index in [9.17, 15) is 0 Å². The Bertz CT molecular complexity index is 539. The number of H-pyrrole nitrogens is 1. The van der Waals surface area contributed by atoms with E-state index in [-0.39, 0.29) is 0 Å². The molecule has 0 radical (unpaired) electrons. The first-order valence-electron chi connectivity index (χ1n) is 5.32. The molecule has 0 aliphatic carbocycles. The molecule has 0 bridgehead atoms. The fraction of sp³-hybridized carbons (Fsp3) is 0.333. The van der Waals surface area contributed by atoms with Crippen LogP contribution in [-0.2, 0) is 19.9 Å². The molecule has 0 amide bonds. The highest BCUT2D eigenvalue weighted by Crippen LogP contribution is 2.07. The first-order chi connectivity index (χ1) is 7.65. The van der Waals surface area contributed by atoms with Crippen LogP contribution in [0.25, 0.3) is 0 Å². The van der Waals surface area contributed by atoms with E-state index in [0.717, 1.165) is 18.7 Å². The van der Waals surface area contributed by atoms with Gasteiger partial charge in [-0.15, -0.1) is 0 Å². The molecule has 1 N–H and O–H groups in total. The molecule has 3 nitrogen and oxygen atoms in total. The predicted octanol–water partition coefficient (Wildman–Crippen LogP) is 2.57. The van der Waals surface area contributed by atoms with Crippen LogP contribution in [0.4, 0.5) is 0 Å². The minimum atomic E-state index is 0.610. The number of aromatic nitrogens is 3. The zero-order valence-corrected chi connectivity index (χ0v) is 10.3. The zero-order valence-electron chi connectivity index (χ0n) is 9.53. The Morgan fingerprint density at radius 3 is 2.81 bits per heavy atom. The van der Waals surface area contributed by atoms with E-state index in [4.69, 9.17) is 12.2 Å². The summed E-state index contributed by atoms with van der Waals surface area (Å²) in [6.45, 7) is 2.11. The van der Waals surface area contributed by atoms with Gasteiger partial charge in [0.25, 0.3) is 0 Å². The maximum atomic E-state index is 5.05. The molecule has 0 saturated carbocycles. The third-order valence-electron chi connectivity index (χ3n) is 2.55. The Morgan fingerprint density at radius 2 is 2.19 bits per heavy atom. The molecule has 0 aliphatic heterocycles. The van der Waals surface area contributed by atoms with Crippen LogP contribution in [0.1, 0.15) is 17.0 Å². The van der Waals surface area contributed by atoms with E-state index in [0.29, 0.717) is 4.77 Å². The van der Waals surface area contributed by atoms with Crippen molar-refractivity contribution in [2.75, 3.05) is 0 Å². The molecule has 0 saturated heterocycles. The summed E-state index contributed by atoms with van der Waals surface area (Å²) < 4.78 is 2.38. The van der Waals surface area contributed by atoms with Crippen LogP contribution in [0.2, 0.25) is 0 Å². The van der Waals surface area contributed by atoms with Gasteiger partial charge >= 0.3 is 0 Å². The molecule has 1 heterocycles. The van der Waals surface area contributed by atoms with Crippen LogP contribution in [0.15, 0.2) is 24.3 Å². The Morgan fingerprint density at radius 1 is 1.38 bits per heavy atom. The van der Waals surface area contributed by atoms with Crippen LogP contribution in [0, 0.1) is 11.7 Å². The van der Waals surface area contributed by atoms with Gasteiger partial charge in [0.1, 0.15) is 5.82 Å². The number of hydrogen-bond donors (Lipinski definition) is 1. The second-order valence-corrected chi connectivity index (χ2v) is 4.37. The second kappa shape index (κ2) is 4.61. The molecular formula is C12H15N3S. The normalized spacial score (nSPS) is 10.6. The molecule has 4 heteroatoms. The summed E-state index contributed by atoms with van der Waals surface area (Å²) >= 11 is 5.05. The quantitative estimate of drug-likeness (QED) is 0.827. The average Bonchev–Trinajstić information content (AvgIpc) is 2.56. The van der Waals surface area contributed by atoms with Crippen molar-refractivity contribution in [2.24, 2.45) is 7.05 Å². The van der Waals surface area contributed by atoms with E-state index >= 15 is 0 Å². The molecule has 0 unspecified atom stereocenters. The van der Waals surface area contributed by atoms with Crippen molar-refractivity contribution in [3.05, 3.63) is 46.0 Å². The molecule has 1 aromatic heterocycles. The number of nitrogens with zero attached hydrogens (tertiary/aromatic N) is 2. The van der Waals surface area contributed by atoms with E-state index in [2.05, 4.69) is 41.3 Å². The highest BCUT2D eigenvalue weighted by atomic mass is 32.1. The Labute approximate surface area is 100 Å². The molecule has 0 fully saturated rings. The van der Waals surface area contributed by atoms with Gasteiger partial charge in [-0.25, -0.2) is 4.98 Å². The lowest BCUT2D eigenvalue weighted by molar-refractivity contribution is 0.729. The van der Waals surface area contributed by atoms with Gasteiger partial charge in [-0.2, -0.15) is 0 Å². The average molecular weight is 233 g/mol. The maximum Gasteiger partial charge on any atom is 0.215 e. The lowest BCUT2D eigenvalue weighted by Gasteiger charge is -2.00. The number of aromatic amines is 1. The van der Waals surface area contributed by atoms with Crippen LogP contribution >= 0.6 is 12.2 Å². The molecule has 2 aromatic rings. The minimum Gasteiger partial charge on any atom is -0.283 e. The van der Waals surface area contributed by atoms with Crippen LogP contribution in [-0.4, -0.2) is 14.8 Å². The number of aryl methyl sites for hydroxylation is 4. The summed E-state index contributed by atoms with van der Waals surface area (Å²) in [6.07, 6.45) is 1.89. The summed E-state index contributed by atoms with van der Waals surface area (Å²) in [4.78, 5) is 4.27. The summed E-state index contributed by atoms with van der Waals surface area (Å²) in [5.41, 5.74) is 2.64. The van der Waals surface area contributed by atoms with Gasteiger partial charge in [0.2, 0.25) is 4.77 Å². The zero-order chi connectivity index (χ0) is 11.5. The highest BCUT2D eigenvalue weighted by molar-refractivity contribution is 7.71. The Hall–Kier alpha value is -1.42. The largest absolute Gasteiger partial charge is 0.283 e. The first-order valence-corrected chi connectivity index (χ1v) is 5.73. The van der Waals surface area contributed by atoms with Gasteiger partial charge < -0.3 is 0 Å². The first kappa shape index (κ1) is 11.1. The van der Waals surface area contributed by atoms with Crippen LogP contribution in [0.3, 0.4) is 0 Å². The smallest absolute Gasteiger partial charge is 0.215 e. The van der Waals surface area contributed by atoms with Gasteiger partial charge in [0, 0.05) is 13.5 Å². The number of hydrogen-bond acceptors (Lipinski definition) is 2. The lowest BCUT2D eigenvalue weighted by Crippen LogP contribution is -1.96. The van der Waals surface area contributed by atoms with E-state index in [1.165, 1.54) is 11.1 Å². The van der Waals surface area contributed by atoms with Gasteiger partial charge in [-0.3, -0.25) is 9.78 Å². The Kier molecular flexibility index (Phi) is 3.19. The molecular weight excluding hydrogens is 218 g/mol. The van der Waals surface area contributed by atoms with Crippen molar-refractivity contribution < 1.29 is 0 Å². The van der Waals surface area contributed by atoms with Crippen molar-refractivity contribution in [3.63, 3.8) is 0 Å². The fourth-order valence-electron chi connectivity index (χ4n) is 1.70. The standard InChI is InChI=1S/C12H15N3S/c1-9-4-3-5-10(8-9)6-7-11-13-12(16)15(2)14-11/h3-5,8H,6-7H2,1-2H3,(H,13,14,16). The summed E-state index contributed by atoms with van der Waals surface area (Å²) in [5.74, 6) is 0.953. The minimum absolute atomic E-state index is 0.610. The third kappa shape index (κ3) is 2.58. The van der Waals surface area contributed by atoms with Gasteiger partial charge in [0.15, 0.2) is 0 Å². The molecule has 16 heavy (non-hydrogen) atoms. The monoisotopic (exact) mass is 233 g/mol. The predicted molar refractivity (Wildman–Crippen MR) is 67.0 cm³/mol. The fourth-order valence-corrected chi connectivity index (χ4v) is 1.85. The number of nitrogens with one attached hydrogen (secondary N) is 1. The molecule has 0 spiro atoms. The van der Waals surface area contributed by atoms with Gasteiger partial charge in [0.05, 0.1) is 0 Å². The van der Waals surface area contributed by atoms with Crippen molar-refractivity contribution >= 4 is 12.2 Å². The molecule has 0 atom stereocenters. The second-order valence-electron chi connectivity index (χ2n) is 4.00. The van der Waals surface area contributed by atoms with E-state index < -0.39 is 0 Å². The van der Waals surface area contributed by atoms with Crippen molar-refractivity contribution in [3.8, 4) is 0 Å². The summed E-state index contributed by atoms with van der Waals surface area (Å²) in [6, 6.07) is 8.55. The van der Waals surface area contributed by atoms with Crippen molar-refractivity contribution in [2.45, 2.75) is 19.8 Å². The summed E-state index contributed by atoms with van der Waals surface area (Å²) in [5, 5.41) is 3.13. The van der Waals surface area contributed by atoms with Gasteiger partial charge in [-0.05, 0) is 31.1 Å². The highest BCUT2D eigenvalue weighted by Gasteiger charge is 2.00. The Balaban J connectivity index is 2.05. The van der Waals surface area contributed by atoms with E-state index in [1.807, 2.05) is 7.05 Å². The molecule has 2 rings (SSSR count). The van der Waals surface area contributed by atoms with Gasteiger partial charge in [-0.1, -0.05) is 29.8 Å². The molecule has 84 valence electrons.